The highest BCUT2D eigenvalue weighted by atomic mass is 16.5. The number of rotatable bonds is 8. The van der Waals surface area contributed by atoms with E-state index in [1.807, 2.05) is 6.92 Å². The molecule has 0 aliphatic carbocycles. The fourth-order valence-electron chi connectivity index (χ4n) is 2.72. The molecule has 5 nitrogen and oxygen atoms in total. The van der Waals surface area contributed by atoms with Gasteiger partial charge in [0.05, 0.1) is 6.61 Å². The van der Waals surface area contributed by atoms with Gasteiger partial charge in [-0.05, 0) is 39.9 Å². The SMILES string of the molecule is CCOC(=O)C1(NCCN(CC)CC)CCN(C)CC1. The van der Waals surface area contributed by atoms with Gasteiger partial charge in [-0.2, -0.15) is 0 Å². The summed E-state index contributed by atoms with van der Waals surface area (Å²) in [5.41, 5.74) is -0.477. The zero-order valence-electron chi connectivity index (χ0n) is 13.6. The summed E-state index contributed by atoms with van der Waals surface area (Å²) in [6, 6.07) is 0. The Hall–Kier alpha value is -0.650. The maximum absolute atomic E-state index is 12.3. The van der Waals surface area contributed by atoms with E-state index in [1.165, 1.54) is 0 Å². The van der Waals surface area contributed by atoms with Crippen LogP contribution in [0.1, 0.15) is 33.6 Å². The van der Waals surface area contributed by atoms with Gasteiger partial charge < -0.3 is 19.9 Å². The van der Waals surface area contributed by atoms with Crippen LogP contribution < -0.4 is 5.32 Å². The third kappa shape index (κ3) is 4.72. The Balaban J connectivity index is 2.57. The highest BCUT2D eigenvalue weighted by Crippen LogP contribution is 2.23. The first kappa shape index (κ1) is 17.4. The van der Waals surface area contributed by atoms with Crippen molar-refractivity contribution in [2.24, 2.45) is 0 Å². The van der Waals surface area contributed by atoms with Crippen molar-refractivity contribution in [1.82, 2.24) is 15.1 Å². The molecule has 0 aromatic carbocycles. The molecule has 0 saturated carbocycles. The maximum Gasteiger partial charge on any atom is 0.326 e. The van der Waals surface area contributed by atoms with Crippen LogP contribution in [0.4, 0.5) is 0 Å². The van der Waals surface area contributed by atoms with Gasteiger partial charge in [0.25, 0.3) is 0 Å². The van der Waals surface area contributed by atoms with E-state index in [-0.39, 0.29) is 5.97 Å². The summed E-state index contributed by atoms with van der Waals surface area (Å²) in [7, 11) is 2.10. The van der Waals surface area contributed by atoms with Crippen LogP contribution in [0.3, 0.4) is 0 Å². The predicted octanol–water partition coefficient (Wildman–Crippen LogP) is 0.945. The van der Waals surface area contributed by atoms with Crippen LogP contribution in [0.5, 0.6) is 0 Å². The van der Waals surface area contributed by atoms with Gasteiger partial charge in [0.2, 0.25) is 0 Å². The Morgan fingerprint density at radius 2 is 1.85 bits per heavy atom. The summed E-state index contributed by atoms with van der Waals surface area (Å²) >= 11 is 0. The zero-order valence-corrected chi connectivity index (χ0v) is 13.6. The number of hydrogen-bond acceptors (Lipinski definition) is 5. The quantitative estimate of drug-likeness (QED) is 0.673. The van der Waals surface area contributed by atoms with Gasteiger partial charge in [0, 0.05) is 26.2 Å². The Morgan fingerprint density at radius 3 is 2.35 bits per heavy atom. The zero-order chi connectivity index (χ0) is 15.0. The lowest BCUT2D eigenvalue weighted by Gasteiger charge is -2.39. The topological polar surface area (TPSA) is 44.8 Å². The molecule has 0 aromatic heterocycles. The highest BCUT2D eigenvalue weighted by Gasteiger charge is 2.41. The molecule has 0 aromatic rings. The van der Waals surface area contributed by atoms with Crippen LogP contribution in [0.25, 0.3) is 0 Å². The van der Waals surface area contributed by atoms with Crippen LogP contribution >= 0.6 is 0 Å². The molecule has 1 fully saturated rings. The number of ether oxygens (including phenoxy) is 1. The average molecular weight is 285 g/mol. The molecular formula is C15H31N3O2. The number of likely N-dealkylation sites (tertiary alicyclic amines) is 1. The van der Waals surface area contributed by atoms with E-state index >= 15 is 0 Å². The third-order valence-corrected chi connectivity index (χ3v) is 4.29. The van der Waals surface area contributed by atoms with Crippen molar-refractivity contribution in [3.05, 3.63) is 0 Å². The minimum atomic E-state index is -0.477. The highest BCUT2D eigenvalue weighted by molar-refractivity contribution is 5.81. The molecule has 1 aliphatic heterocycles. The van der Waals surface area contributed by atoms with Crippen molar-refractivity contribution in [3.63, 3.8) is 0 Å². The molecule has 1 aliphatic rings. The minimum Gasteiger partial charge on any atom is -0.465 e. The Kier molecular flexibility index (Phi) is 7.48. The fraction of sp³-hybridized carbons (Fsp3) is 0.933. The van der Waals surface area contributed by atoms with Crippen LogP contribution in [0.15, 0.2) is 0 Å². The predicted molar refractivity (Wildman–Crippen MR) is 81.9 cm³/mol. The Morgan fingerprint density at radius 1 is 1.25 bits per heavy atom. The standard InChI is InChI=1S/C15H31N3O2/c1-5-18(6-2)13-10-16-15(14(19)20-7-3)8-11-17(4)12-9-15/h16H,5-13H2,1-4H3. The van der Waals surface area contributed by atoms with Crippen molar-refractivity contribution in [2.45, 2.75) is 39.2 Å². The largest absolute Gasteiger partial charge is 0.465 e. The molecular weight excluding hydrogens is 254 g/mol. The smallest absolute Gasteiger partial charge is 0.326 e. The average Bonchev–Trinajstić information content (AvgIpc) is 2.46. The van der Waals surface area contributed by atoms with Crippen LogP contribution in [0, 0.1) is 0 Å². The normalized spacial score (nSPS) is 19.2. The first-order valence-electron chi connectivity index (χ1n) is 7.91. The number of hydrogen-bond donors (Lipinski definition) is 1. The van der Waals surface area contributed by atoms with Gasteiger partial charge >= 0.3 is 5.97 Å². The summed E-state index contributed by atoms with van der Waals surface area (Å²) in [4.78, 5) is 17.0. The summed E-state index contributed by atoms with van der Waals surface area (Å²) in [5, 5.41) is 3.50. The number of esters is 1. The number of nitrogens with zero attached hydrogens (tertiary/aromatic N) is 2. The van der Waals surface area contributed by atoms with Gasteiger partial charge in [-0.25, -0.2) is 0 Å². The lowest BCUT2D eigenvalue weighted by molar-refractivity contribution is -0.153. The molecule has 0 atom stereocenters. The molecule has 1 rings (SSSR count). The maximum atomic E-state index is 12.3. The van der Waals surface area contributed by atoms with E-state index < -0.39 is 5.54 Å². The van der Waals surface area contributed by atoms with Crippen LogP contribution in [0.2, 0.25) is 0 Å². The molecule has 118 valence electrons. The second-order valence-electron chi connectivity index (χ2n) is 5.56. The van der Waals surface area contributed by atoms with Crippen molar-refractivity contribution in [1.29, 1.82) is 0 Å². The van der Waals surface area contributed by atoms with E-state index in [2.05, 4.69) is 36.0 Å². The summed E-state index contributed by atoms with van der Waals surface area (Å²) in [5.74, 6) is -0.0763. The molecule has 1 saturated heterocycles. The molecule has 0 bridgehead atoms. The molecule has 20 heavy (non-hydrogen) atoms. The van der Waals surface area contributed by atoms with E-state index in [0.717, 1.165) is 52.1 Å². The Bertz CT molecular complexity index is 285. The number of carbonyl (C=O) groups excluding carboxylic acids is 1. The monoisotopic (exact) mass is 285 g/mol. The molecule has 0 radical (unpaired) electrons. The number of carbonyl (C=O) groups is 1. The third-order valence-electron chi connectivity index (χ3n) is 4.29. The van der Waals surface area contributed by atoms with Gasteiger partial charge in [0.1, 0.15) is 5.54 Å². The van der Waals surface area contributed by atoms with E-state index in [9.17, 15) is 4.79 Å². The molecule has 0 unspecified atom stereocenters. The van der Waals surface area contributed by atoms with Crippen molar-refractivity contribution >= 4 is 5.97 Å². The van der Waals surface area contributed by atoms with Gasteiger partial charge in [-0.3, -0.25) is 4.79 Å². The lowest BCUT2D eigenvalue weighted by atomic mass is 9.87. The van der Waals surface area contributed by atoms with Crippen molar-refractivity contribution in [3.8, 4) is 0 Å². The van der Waals surface area contributed by atoms with E-state index in [1.54, 1.807) is 0 Å². The fourth-order valence-corrected chi connectivity index (χ4v) is 2.72. The van der Waals surface area contributed by atoms with Gasteiger partial charge in [-0.1, -0.05) is 13.8 Å². The van der Waals surface area contributed by atoms with E-state index in [0.29, 0.717) is 6.61 Å². The molecule has 5 heteroatoms. The lowest BCUT2D eigenvalue weighted by Crippen LogP contribution is -2.59. The second kappa shape index (κ2) is 8.60. The molecule has 0 spiro atoms. The summed E-state index contributed by atoms with van der Waals surface area (Å²) < 4.78 is 5.30. The minimum absolute atomic E-state index is 0.0763. The van der Waals surface area contributed by atoms with Crippen molar-refractivity contribution < 1.29 is 9.53 Å². The number of nitrogens with one attached hydrogen (secondary N) is 1. The van der Waals surface area contributed by atoms with Gasteiger partial charge in [0.15, 0.2) is 0 Å². The number of likely N-dealkylation sites (N-methyl/N-ethyl adjacent to an activating group) is 1. The van der Waals surface area contributed by atoms with Crippen LogP contribution in [-0.4, -0.2) is 74.2 Å². The van der Waals surface area contributed by atoms with Crippen LogP contribution in [-0.2, 0) is 9.53 Å². The second-order valence-corrected chi connectivity index (χ2v) is 5.56. The molecule has 0 amide bonds. The number of piperidine rings is 1. The Labute approximate surface area is 123 Å². The first-order valence-corrected chi connectivity index (χ1v) is 7.91. The summed E-state index contributed by atoms with van der Waals surface area (Å²) in [6.45, 7) is 12.5. The van der Waals surface area contributed by atoms with Crippen molar-refractivity contribution in [2.75, 3.05) is 52.9 Å². The molecule has 1 N–H and O–H groups in total. The first-order chi connectivity index (χ1) is 9.57. The van der Waals surface area contributed by atoms with E-state index in [4.69, 9.17) is 4.74 Å². The van der Waals surface area contributed by atoms with Gasteiger partial charge in [-0.15, -0.1) is 0 Å². The molecule has 1 heterocycles. The summed E-state index contributed by atoms with van der Waals surface area (Å²) in [6.07, 6.45) is 1.67.